The minimum Gasteiger partial charge on any atom is -0.505 e. The molecule has 13 nitrogen and oxygen atoms in total. The Labute approximate surface area is 264 Å². The first kappa shape index (κ1) is 38.6. The van der Waals surface area contributed by atoms with E-state index < -0.39 is 32.4 Å². The molecular formula is C28H36Cl2N3O10P. The lowest BCUT2D eigenvalue weighted by atomic mass is 9.90. The van der Waals surface area contributed by atoms with Crippen molar-refractivity contribution < 1.29 is 44.0 Å². The number of carboxylic acids is 2. The molecule has 0 saturated heterocycles. The van der Waals surface area contributed by atoms with E-state index in [1.807, 2.05) is 0 Å². The zero-order valence-corrected chi connectivity index (χ0v) is 27.4. The van der Waals surface area contributed by atoms with Crippen molar-refractivity contribution in [2.45, 2.75) is 40.5 Å². The molecule has 1 aromatic heterocycles. The minimum atomic E-state index is -4.10. The number of carboxylic acid groups (broad SMARTS) is 2. The standard InChI is InChI=1S/C17H22N2O2.C8H6Cl2O3.C3H8NO5P/c1-6-12-8-10(3)9-13(7-2)14(12)15-16(20)11(4)18-19(5)17(15)21;1-13-7-5(10)3-2-4(9)6(7)8(11)12;5-3(6)1-4-2-10(7,8)9/h8-9,20H,6-7H2,1-5H3;2-3H,1H3,(H,11,12);4H,1-2H2,(H,5,6)(H2,7,8,9). The topological polar surface area (TPSA) is 209 Å². The van der Waals surface area contributed by atoms with Crippen molar-refractivity contribution in [3.63, 3.8) is 0 Å². The lowest BCUT2D eigenvalue weighted by molar-refractivity contribution is -0.135. The molecule has 0 atom stereocenters. The van der Waals surface area contributed by atoms with E-state index >= 15 is 0 Å². The summed E-state index contributed by atoms with van der Waals surface area (Å²) in [6, 6.07) is 7.07. The first-order valence-electron chi connectivity index (χ1n) is 13.0. The number of benzene rings is 2. The molecule has 3 aromatic rings. The molecule has 242 valence electrons. The Hall–Kier alpha value is -3.45. The summed E-state index contributed by atoms with van der Waals surface area (Å²) in [5, 5.41) is 33.6. The summed E-state index contributed by atoms with van der Waals surface area (Å²) >= 11 is 11.4. The Bertz CT molecular complexity index is 1580. The molecule has 16 heteroatoms. The van der Waals surface area contributed by atoms with Gasteiger partial charge in [-0.05, 0) is 55.5 Å². The maximum absolute atomic E-state index is 12.5. The van der Waals surface area contributed by atoms with Gasteiger partial charge >= 0.3 is 19.5 Å². The van der Waals surface area contributed by atoms with Crippen molar-refractivity contribution in [2.75, 3.05) is 19.9 Å². The van der Waals surface area contributed by atoms with Crippen molar-refractivity contribution >= 4 is 42.7 Å². The fourth-order valence-corrected chi connectivity index (χ4v) is 4.92. The van der Waals surface area contributed by atoms with Crippen molar-refractivity contribution in [3.8, 4) is 22.6 Å². The molecular weight excluding hydrogens is 640 g/mol. The van der Waals surface area contributed by atoms with Crippen LogP contribution >= 0.6 is 30.8 Å². The van der Waals surface area contributed by atoms with Crippen LogP contribution in [0.15, 0.2) is 29.1 Å². The number of hydrogen-bond donors (Lipinski definition) is 6. The zero-order valence-electron chi connectivity index (χ0n) is 25.0. The molecule has 0 amide bonds. The van der Waals surface area contributed by atoms with Gasteiger partial charge in [0.05, 0.1) is 35.5 Å². The van der Waals surface area contributed by atoms with E-state index in [2.05, 4.69) is 43.3 Å². The van der Waals surface area contributed by atoms with Gasteiger partial charge in [0.2, 0.25) is 0 Å². The van der Waals surface area contributed by atoms with Crippen LogP contribution in [0.5, 0.6) is 11.5 Å². The van der Waals surface area contributed by atoms with E-state index in [0.717, 1.165) is 29.5 Å². The summed E-state index contributed by atoms with van der Waals surface area (Å²) in [7, 11) is -1.14. The average molecular weight is 676 g/mol. The number of carbonyl (C=O) groups is 2. The molecule has 6 N–H and O–H groups in total. The third-order valence-electron chi connectivity index (χ3n) is 5.92. The smallest absolute Gasteiger partial charge is 0.341 e. The third kappa shape index (κ3) is 10.9. The number of aromatic carboxylic acids is 1. The van der Waals surface area contributed by atoms with Crippen LogP contribution in [0.2, 0.25) is 10.0 Å². The van der Waals surface area contributed by atoms with Gasteiger partial charge in [-0.3, -0.25) is 19.5 Å². The highest BCUT2D eigenvalue weighted by molar-refractivity contribution is 7.51. The molecule has 0 aliphatic heterocycles. The summed E-state index contributed by atoms with van der Waals surface area (Å²) in [5.74, 6) is -2.23. The summed E-state index contributed by atoms with van der Waals surface area (Å²) in [6.45, 7) is 7.45. The van der Waals surface area contributed by atoms with Gasteiger partial charge in [0.25, 0.3) is 5.56 Å². The minimum absolute atomic E-state index is 0.00801. The Morgan fingerprint density at radius 3 is 1.95 bits per heavy atom. The highest BCUT2D eigenvalue weighted by Crippen LogP contribution is 2.35. The molecule has 44 heavy (non-hydrogen) atoms. The second-order valence-electron chi connectivity index (χ2n) is 9.29. The first-order chi connectivity index (χ1) is 20.4. The second-order valence-corrected chi connectivity index (χ2v) is 11.7. The van der Waals surface area contributed by atoms with Gasteiger partial charge in [-0.1, -0.05) is 54.7 Å². The Balaban J connectivity index is 0.000000361. The quantitative estimate of drug-likeness (QED) is 0.175. The van der Waals surface area contributed by atoms with Crippen LogP contribution < -0.4 is 15.6 Å². The SMILES string of the molecule is CCc1cc(C)cc(CC)c1-c1c(O)c(C)nn(C)c1=O.COc1c(Cl)ccc(Cl)c1C(=O)O.O=C(O)CNCP(=O)(O)O. The summed E-state index contributed by atoms with van der Waals surface area (Å²) in [4.78, 5) is 49.4. The number of aromatic hydroxyl groups is 1. The number of aromatic nitrogens is 2. The third-order valence-corrected chi connectivity index (χ3v) is 7.16. The average Bonchev–Trinajstić information content (AvgIpc) is 2.93. The van der Waals surface area contributed by atoms with Crippen LogP contribution in [-0.2, 0) is 29.2 Å². The zero-order chi connectivity index (χ0) is 33.9. The highest BCUT2D eigenvalue weighted by atomic mass is 35.5. The second kappa shape index (κ2) is 17.1. The van der Waals surface area contributed by atoms with Crippen molar-refractivity contribution in [3.05, 3.63) is 72.6 Å². The maximum Gasteiger partial charge on any atom is 0.341 e. The van der Waals surface area contributed by atoms with E-state index in [4.69, 9.17) is 47.9 Å². The lowest BCUT2D eigenvalue weighted by Gasteiger charge is -2.17. The van der Waals surface area contributed by atoms with Gasteiger partial charge in [-0.15, -0.1) is 0 Å². The Kier molecular flexibility index (Phi) is 15.0. The molecule has 0 radical (unpaired) electrons. The maximum atomic E-state index is 12.5. The van der Waals surface area contributed by atoms with E-state index in [1.54, 1.807) is 14.0 Å². The predicted octanol–water partition coefficient (Wildman–Crippen LogP) is 4.39. The fraction of sp³-hybridized carbons (Fsp3) is 0.357. The molecule has 0 aliphatic rings. The lowest BCUT2D eigenvalue weighted by Crippen LogP contribution is -2.23. The van der Waals surface area contributed by atoms with Crippen LogP contribution in [0, 0.1) is 13.8 Å². The molecule has 0 aliphatic carbocycles. The van der Waals surface area contributed by atoms with Crippen molar-refractivity contribution in [1.82, 2.24) is 15.1 Å². The van der Waals surface area contributed by atoms with Crippen LogP contribution in [-0.4, -0.2) is 66.8 Å². The molecule has 2 aromatic carbocycles. The number of aliphatic carboxylic acids is 1. The van der Waals surface area contributed by atoms with Gasteiger partial charge in [0.15, 0.2) is 11.5 Å². The normalized spacial score (nSPS) is 10.7. The number of ether oxygens (including phenoxy) is 1. The summed E-state index contributed by atoms with van der Waals surface area (Å²) < 4.78 is 16.2. The summed E-state index contributed by atoms with van der Waals surface area (Å²) in [5.41, 5.74) is 4.69. The number of aryl methyl sites for hydroxylation is 5. The molecule has 3 rings (SSSR count). The van der Waals surface area contributed by atoms with E-state index in [9.17, 15) is 24.1 Å². The van der Waals surface area contributed by atoms with Gasteiger partial charge in [-0.2, -0.15) is 5.10 Å². The van der Waals surface area contributed by atoms with Crippen LogP contribution in [0.4, 0.5) is 0 Å². The largest absolute Gasteiger partial charge is 0.505 e. The molecule has 0 unspecified atom stereocenters. The van der Waals surface area contributed by atoms with Gasteiger partial charge in [0.1, 0.15) is 11.3 Å². The Morgan fingerprint density at radius 1 is 1.02 bits per heavy atom. The molecule has 0 fully saturated rings. The number of hydrogen-bond acceptors (Lipinski definition) is 8. The Morgan fingerprint density at radius 2 is 1.55 bits per heavy atom. The molecule has 0 spiro atoms. The van der Waals surface area contributed by atoms with E-state index in [0.29, 0.717) is 11.3 Å². The molecule has 0 saturated carbocycles. The van der Waals surface area contributed by atoms with Crippen LogP contribution in [0.25, 0.3) is 11.1 Å². The predicted molar refractivity (Wildman–Crippen MR) is 167 cm³/mol. The summed E-state index contributed by atoms with van der Waals surface area (Å²) in [6.07, 6.45) is 1.03. The first-order valence-corrected chi connectivity index (χ1v) is 15.6. The van der Waals surface area contributed by atoms with Gasteiger partial charge < -0.3 is 29.8 Å². The van der Waals surface area contributed by atoms with E-state index in [-0.39, 0.29) is 32.7 Å². The monoisotopic (exact) mass is 675 g/mol. The number of rotatable bonds is 9. The number of nitrogens with zero attached hydrogens (tertiary/aromatic N) is 2. The fourth-order valence-electron chi connectivity index (χ4n) is 4.05. The van der Waals surface area contributed by atoms with Crippen LogP contribution in [0.3, 0.4) is 0 Å². The van der Waals surface area contributed by atoms with Gasteiger partial charge in [-0.25, -0.2) is 9.48 Å². The number of methoxy groups -OCH3 is 1. The van der Waals surface area contributed by atoms with Crippen molar-refractivity contribution in [2.24, 2.45) is 7.05 Å². The molecule has 0 bridgehead atoms. The van der Waals surface area contributed by atoms with Gasteiger partial charge in [0, 0.05) is 7.05 Å². The number of halogens is 2. The number of nitrogens with one attached hydrogen (secondary N) is 1. The van der Waals surface area contributed by atoms with E-state index in [1.165, 1.54) is 29.5 Å². The van der Waals surface area contributed by atoms with Crippen molar-refractivity contribution in [1.29, 1.82) is 0 Å². The highest BCUT2D eigenvalue weighted by Gasteiger charge is 2.21. The van der Waals surface area contributed by atoms with Crippen LogP contribution in [0.1, 0.15) is 46.6 Å². The molecule has 1 heterocycles.